The molecule has 2 heterocycles. The van der Waals surface area contributed by atoms with Crippen LogP contribution in [0.5, 0.6) is 0 Å². The van der Waals surface area contributed by atoms with Crippen LogP contribution >= 0.6 is 24.0 Å². The molecule has 3 aliphatic rings. The Kier molecular flexibility index (Phi) is 5.56. The van der Waals surface area contributed by atoms with Crippen molar-refractivity contribution in [2.75, 3.05) is 33.4 Å². The number of ether oxygens (including phenoxy) is 1. The predicted octanol–water partition coefficient (Wildman–Crippen LogP) is 2.48. The molecule has 3 unspecified atom stereocenters. The van der Waals surface area contributed by atoms with Gasteiger partial charge < -0.3 is 15.0 Å². The Labute approximate surface area is 139 Å². The first-order valence-corrected chi connectivity index (χ1v) is 7.82. The Morgan fingerprint density at radius 3 is 2.95 bits per heavy atom. The lowest BCUT2D eigenvalue weighted by Crippen LogP contribution is -2.42. The van der Waals surface area contributed by atoms with Crippen molar-refractivity contribution in [1.29, 1.82) is 0 Å². The highest BCUT2D eigenvalue weighted by Gasteiger charge is 2.43. The number of hydrogen-bond acceptors (Lipinski definition) is 2. The quantitative estimate of drug-likeness (QED) is 0.455. The minimum absolute atomic E-state index is 0. The Balaban J connectivity index is 0.00000147. The van der Waals surface area contributed by atoms with E-state index in [2.05, 4.69) is 22.1 Å². The molecule has 3 rings (SSSR count). The fraction of sp³-hybridized carbons (Fsp3) is 0.933. The van der Waals surface area contributed by atoms with Gasteiger partial charge in [-0.3, -0.25) is 4.99 Å². The van der Waals surface area contributed by atoms with E-state index in [9.17, 15) is 0 Å². The van der Waals surface area contributed by atoms with E-state index in [-0.39, 0.29) is 24.0 Å². The van der Waals surface area contributed by atoms with Gasteiger partial charge in [0.1, 0.15) is 0 Å². The third-order valence-electron chi connectivity index (χ3n) is 5.03. The van der Waals surface area contributed by atoms with Gasteiger partial charge in [-0.05, 0) is 31.6 Å². The first-order valence-electron chi connectivity index (χ1n) is 7.82. The van der Waals surface area contributed by atoms with Crippen LogP contribution in [-0.4, -0.2) is 50.3 Å². The zero-order valence-electron chi connectivity index (χ0n) is 12.7. The van der Waals surface area contributed by atoms with Gasteiger partial charge >= 0.3 is 0 Å². The Hall–Kier alpha value is -0.0400. The molecule has 1 saturated carbocycles. The van der Waals surface area contributed by atoms with Crippen molar-refractivity contribution in [1.82, 2.24) is 10.2 Å². The molecule has 0 bridgehead atoms. The van der Waals surface area contributed by atoms with Gasteiger partial charge in [-0.2, -0.15) is 0 Å². The van der Waals surface area contributed by atoms with E-state index in [4.69, 9.17) is 4.74 Å². The fourth-order valence-electron chi connectivity index (χ4n) is 3.66. The summed E-state index contributed by atoms with van der Waals surface area (Å²) in [5.41, 5.74) is 0.421. The smallest absolute Gasteiger partial charge is 0.193 e. The van der Waals surface area contributed by atoms with Gasteiger partial charge in [0, 0.05) is 38.2 Å². The van der Waals surface area contributed by atoms with Gasteiger partial charge in [0.25, 0.3) is 0 Å². The lowest BCUT2D eigenvalue weighted by molar-refractivity contribution is 0.156. The van der Waals surface area contributed by atoms with Crippen LogP contribution in [0.3, 0.4) is 0 Å². The zero-order valence-corrected chi connectivity index (χ0v) is 15.1. The molecule has 4 nitrogen and oxygen atoms in total. The van der Waals surface area contributed by atoms with Crippen LogP contribution in [0, 0.1) is 11.3 Å². The summed E-state index contributed by atoms with van der Waals surface area (Å²) >= 11 is 0. The number of nitrogens with zero attached hydrogens (tertiary/aromatic N) is 2. The van der Waals surface area contributed by atoms with Gasteiger partial charge in [-0.1, -0.05) is 13.3 Å². The van der Waals surface area contributed by atoms with Gasteiger partial charge in [-0.15, -0.1) is 24.0 Å². The summed E-state index contributed by atoms with van der Waals surface area (Å²) in [6, 6.07) is 0.676. The third kappa shape index (κ3) is 3.40. The molecular formula is C15H28IN3O. The molecule has 0 radical (unpaired) electrons. The van der Waals surface area contributed by atoms with E-state index in [1.165, 1.54) is 32.1 Å². The average molecular weight is 393 g/mol. The second-order valence-electron chi connectivity index (χ2n) is 6.56. The van der Waals surface area contributed by atoms with E-state index in [0.29, 0.717) is 11.5 Å². The van der Waals surface area contributed by atoms with Crippen LogP contribution in [0.1, 0.15) is 39.0 Å². The van der Waals surface area contributed by atoms with Gasteiger partial charge in [-0.25, -0.2) is 0 Å². The molecule has 5 heteroatoms. The maximum Gasteiger partial charge on any atom is 0.193 e. The maximum absolute atomic E-state index is 5.60. The van der Waals surface area contributed by atoms with Crippen molar-refractivity contribution < 1.29 is 4.74 Å². The molecule has 1 aliphatic carbocycles. The van der Waals surface area contributed by atoms with Gasteiger partial charge in [0.15, 0.2) is 5.96 Å². The molecule has 0 aromatic heterocycles. The Morgan fingerprint density at radius 1 is 1.45 bits per heavy atom. The van der Waals surface area contributed by atoms with Crippen molar-refractivity contribution in [3.63, 3.8) is 0 Å². The molecule has 2 saturated heterocycles. The summed E-state index contributed by atoms with van der Waals surface area (Å²) in [6.45, 7) is 6.42. The number of likely N-dealkylation sites (tertiary alicyclic amines) is 1. The van der Waals surface area contributed by atoms with Crippen molar-refractivity contribution in [2.45, 2.75) is 45.1 Å². The number of guanidine groups is 1. The van der Waals surface area contributed by atoms with E-state index >= 15 is 0 Å². The van der Waals surface area contributed by atoms with Crippen LogP contribution in [0.2, 0.25) is 0 Å². The second-order valence-corrected chi connectivity index (χ2v) is 6.56. The molecule has 1 spiro atoms. The highest BCUT2D eigenvalue weighted by molar-refractivity contribution is 14.0. The van der Waals surface area contributed by atoms with Crippen LogP contribution in [-0.2, 0) is 4.74 Å². The standard InChI is InChI=1S/C15H27N3O.HI/c1-3-4-12-9-13(12)17-14(16-2)18-7-5-15(10-18)6-8-19-11-15;/h12-13H,3-11H2,1-2H3,(H,16,17);1H. The van der Waals surface area contributed by atoms with E-state index < -0.39 is 0 Å². The SMILES string of the molecule is CCCC1CC1NC(=NC)N1CCC2(CCOC2)C1.I. The fourth-order valence-corrected chi connectivity index (χ4v) is 3.66. The summed E-state index contributed by atoms with van der Waals surface area (Å²) in [5.74, 6) is 2.00. The third-order valence-corrected chi connectivity index (χ3v) is 5.03. The van der Waals surface area contributed by atoms with Crippen molar-refractivity contribution in [3.8, 4) is 0 Å². The number of halogens is 1. The monoisotopic (exact) mass is 393 g/mol. The van der Waals surface area contributed by atoms with E-state index in [1.807, 2.05) is 7.05 Å². The maximum atomic E-state index is 5.60. The van der Waals surface area contributed by atoms with Crippen molar-refractivity contribution >= 4 is 29.9 Å². The molecule has 20 heavy (non-hydrogen) atoms. The number of aliphatic imine (C=N–C) groups is 1. The van der Waals surface area contributed by atoms with Gasteiger partial charge in [0.2, 0.25) is 0 Å². The lowest BCUT2D eigenvalue weighted by Gasteiger charge is -2.25. The summed E-state index contributed by atoms with van der Waals surface area (Å²) in [4.78, 5) is 6.93. The molecule has 1 N–H and O–H groups in total. The Morgan fingerprint density at radius 2 is 2.30 bits per heavy atom. The molecule has 0 aromatic carbocycles. The first kappa shape index (κ1) is 16.3. The van der Waals surface area contributed by atoms with Crippen LogP contribution in [0.15, 0.2) is 4.99 Å². The van der Waals surface area contributed by atoms with Crippen molar-refractivity contribution in [2.24, 2.45) is 16.3 Å². The highest BCUT2D eigenvalue weighted by Crippen LogP contribution is 2.39. The molecule has 0 amide bonds. The molecule has 0 aromatic rings. The minimum Gasteiger partial charge on any atom is -0.381 e. The topological polar surface area (TPSA) is 36.9 Å². The predicted molar refractivity (Wildman–Crippen MR) is 92.8 cm³/mol. The zero-order chi connectivity index (χ0) is 13.3. The number of rotatable bonds is 3. The van der Waals surface area contributed by atoms with Crippen LogP contribution in [0.25, 0.3) is 0 Å². The van der Waals surface area contributed by atoms with Gasteiger partial charge in [0.05, 0.1) is 6.61 Å². The normalized spacial score (nSPS) is 36.3. The minimum atomic E-state index is 0. The second kappa shape index (κ2) is 6.81. The lowest BCUT2D eigenvalue weighted by atomic mass is 9.87. The molecular weight excluding hydrogens is 365 g/mol. The summed E-state index contributed by atoms with van der Waals surface area (Å²) < 4.78 is 5.60. The van der Waals surface area contributed by atoms with Crippen LogP contribution in [0.4, 0.5) is 0 Å². The van der Waals surface area contributed by atoms with Crippen molar-refractivity contribution in [3.05, 3.63) is 0 Å². The summed E-state index contributed by atoms with van der Waals surface area (Å²) in [7, 11) is 1.91. The number of nitrogens with one attached hydrogen (secondary N) is 1. The van der Waals surface area contributed by atoms with E-state index in [1.54, 1.807) is 0 Å². The Bertz CT molecular complexity index is 355. The molecule has 116 valence electrons. The largest absolute Gasteiger partial charge is 0.381 e. The summed E-state index contributed by atoms with van der Waals surface area (Å²) in [5, 5.41) is 3.66. The first-order chi connectivity index (χ1) is 9.26. The van der Waals surface area contributed by atoms with E-state index in [0.717, 1.165) is 38.2 Å². The average Bonchev–Trinajstić information content (AvgIpc) is 2.85. The molecule has 2 aliphatic heterocycles. The highest BCUT2D eigenvalue weighted by atomic mass is 127. The van der Waals surface area contributed by atoms with Crippen LogP contribution < -0.4 is 5.32 Å². The molecule has 3 atom stereocenters. The number of hydrogen-bond donors (Lipinski definition) is 1. The molecule has 3 fully saturated rings. The summed E-state index contributed by atoms with van der Waals surface area (Å²) in [6.07, 6.45) is 6.46.